The Morgan fingerprint density at radius 3 is 3.10 bits per heavy atom. The normalized spacial score (nSPS) is 34.1. The number of nitrogens with two attached hydrogens (primary N) is 1. The van der Waals surface area contributed by atoms with Crippen LogP contribution in [0.3, 0.4) is 0 Å². The standard InChI is InChI=1S/C8H16N2/c1-6-3-8(9)4-7(2)10-5-6/h4,6,8,10H,3,5,9H2,1-2H3. The Hall–Kier alpha value is -0.500. The molecule has 2 atom stereocenters. The van der Waals surface area contributed by atoms with Gasteiger partial charge in [-0.15, -0.1) is 0 Å². The van der Waals surface area contributed by atoms with E-state index in [0.29, 0.717) is 5.92 Å². The van der Waals surface area contributed by atoms with Gasteiger partial charge in [-0.1, -0.05) is 6.92 Å². The molecule has 2 nitrogen and oxygen atoms in total. The second-order valence-electron chi connectivity index (χ2n) is 3.24. The minimum absolute atomic E-state index is 0.255. The van der Waals surface area contributed by atoms with Crippen molar-refractivity contribution in [3.63, 3.8) is 0 Å². The van der Waals surface area contributed by atoms with Gasteiger partial charge in [0.15, 0.2) is 0 Å². The number of rotatable bonds is 0. The molecule has 0 aliphatic carbocycles. The lowest BCUT2D eigenvalue weighted by atomic mass is 10.0. The molecule has 0 aromatic rings. The second kappa shape index (κ2) is 3.06. The van der Waals surface area contributed by atoms with Gasteiger partial charge in [-0.25, -0.2) is 0 Å². The zero-order valence-corrected chi connectivity index (χ0v) is 6.72. The molecule has 3 N–H and O–H groups in total. The number of allylic oxidation sites excluding steroid dienone is 1. The maximum absolute atomic E-state index is 5.80. The van der Waals surface area contributed by atoms with Crippen LogP contribution in [0.5, 0.6) is 0 Å². The molecule has 0 spiro atoms. The lowest BCUT2D eigenvalue weighted by Crippen LogP contribution is -2.20. The predicted octanol–water partition coefficient (Wildman–Crippen LogP) is 0.847. The van der Waals surface area contributed by atoms with Crippen LogP contribution in [0.2, 0.25) is 0 Å². The van der Waals surface area contributed by atoms with Gasteiger partial charge in [0.25, 0.3) is 0 Å². The minimum atomic E-state index is 0.255. The quantitative estimate of drug-likeness (QED) is 0.523. The Kier molecular flexibility index (Phi) is 2.33. The summed E-state index contributed by atoms with van der Waals surface area (Å²) in [4.78, 5) is 0. The van der Waals surface area contributed by atoms with E-state index in [2.05, 4.69) is 25.2 Å². The first-order valence-corrected chi connectivity index (χ1v) is 3.86. The summed E-state index contributed by atoms with van der Waals surface area (Å²) in [7, 11) is 0. The maximum Gasteiger partial charge on any atom is 0.0246 e. The third kappa shape index (κ3) is 2.03. The van der Waals surface area contributed by atoms with Crippen LogP contribution in [-0.2, 0) is 0 Å². The van der Waals surface area contributed by atoms with E-state index in [9.17, 15) is 0 Å². The van der Waals surface area contributed by atoms with Crippen molar-refractivity contribution < 1.29 is 0 Å². The zero-order valence-electron chi connectivity index (χ0n) is 6.72. The SMILES string of the molecule is CC1=CC(N)CC(C)CN1. The highest BCUT2D eigenvalue weighted by Crippen LogP contribution is 2.09. The Morgan fingerprint density at radius 1 is 1.70 bits per heavy atom. The van der Waals surface area contributed by atoms with Crippen molar-refractivity contribution in [2.24, 2.45) is 11.7 Å². The van der Waals surface area contributed by atoms with E-state index in [4.69, 9.17) is 5.73 Å². The fourth-order valence-corrected chi connectivity index (χ4v) is 1.33. The summed E-state index contributed by atoms with van der Waals surface area (Å²) in [5.41, 5.74) is 7.02. The van der Waals surface area contributed by atoms with Crippen molar-refractivity contribution in [2.45, 2.75) is 26.3 Å². The van der Waals surface area contributed by atoms with Crippen LogP contribution in [0.15, 0.2) is 11.8 Å². The van der Waals surface area contributed by atoms with Gasteiger partial charge in [-0.3, -0.25) is 0 Å². The highest BCUT2D eigenvalue weighted by Gasteiger charge is 2.10. The van der Waals surface area contributed by atoms with Crippen LogP contribution in [0.25, 0.3) is 0 Å². The van der Waals surface area contributed by atoms with Crippen LogP contribution in [-0.4, -0.2) is 12.6 Å². The van der Waals surface area contributed by atoms with E-state index >= 15 is 0 Å². The molecule has 0 amide bonds. The van der Waals surface area contributed by atoms with E-state index in [1.165, 1.54) is 5.70 Å². The lowest BCUT2D eigenvalue weighted by molar-refractivity contribution is 0.500. The lowest BCUT2D eigenvalue weighted by Gasteiger charge is -2.09. The van der Waals surface area contributed by atoms with Crippen LogP contribution < -0.4 is 11.1 Å². The molecule has 1 rings (SSSR count). The third-order valence-electron chi connectivity index (χ3n) is 1.87. The number of nitrogens with one attached hydrogen (secondary N) is 1. The van der Waals surface area contributed by atoms with Crippen molar-refractivity contribution in [1.82, 2.24) is 5.32 Å². The highest BCUT2D eigenvalue weighted by molar-refractivity contribution is 5.04. The predicted molar refractivity (Wildman–Crippen MR) is 43.5 cm³/mol. The van der Waals surface area contributed by atoms with E-state index in [0.717, 1.165) is 13.0 Å². The molecular formula is C8H16N2. The molecular weight excluding hydrogens is 124 g/mol. The summed E-state index contributed by atoms with van der Waals surface area (Å²) in [5.74, 6) is 0.698. The first-order valence-electron chi connectivity index (χ1n) is 3.86. The van der Waals surface area contributed by atoms with Gasteiger partial charge in [0.05, 0.1) is 0 Å². The molecule has 0 bridgehead atoms. The average molecular weight is 140 g/mol. The van der Waals surface area contributed by atoms with Crippen LogP contribution in [0.4, 0.5) is 0 Å². The third-order valence-corrected chi connectivity index (χ3v) is 1.87. The van der Waals surface area contributed by atoms with E-state index in [1.54, 1.807) is 0 Å². The van der Waals surface area contributed by atoms with Crippen LogP contribution in [0, 0.1) is 5.92 Å². The molecule has 2 unspecified atom stereocenters. The monoisotopic (exact) mass is 140 g/mol. The molecule has 0 aromatic carbocycles. The van der Waals surface area contributed by atoms with Gasteiger partial charge in [-0.2, -0.15) is 0 Å². The summed E-state index contributed by atoms with van der Waals surface area (Å²) >= 11 is 0. The fourth-order valence-electron chi connectivity index (χ4n) is 1.33. The largest absolute Gasteiger partial charge is 0.389 e. The topological polar surface area (TPSA) is 38.0 Å². The van der Waals surface area contributed by atoms with Crippen molar-refractivity contribution in [3.8, 4) is 0 Å². The molecule has 58 valence electrons. The first kappa shape index (κ1) is 7.61. The van der Waals surface area contributed by atoms with Crippen molar-refractivity contribution in [2.75, 3.05) is 6.54 Å². The van der Waals surface area contributed by atoms with Gasteiger partial charge in [0.2, 0.25) is 0 Å². The molecule has 0 saturated heterocycles. The summed E-state index contributed by atoms with van der Waals surface area (Å²) in [6.07, 6.45) is 3.20. The molecule has 1 aliphatic rings. The Balaban J connectivity index is 2.53. The zero-order chi connectivity index (χ0) is 7.56. The Bertz CT molecular complexity index is 140. The molecule has 0 radical (unpaired) electrons. The van der Waals surface area contributed by atoms with Gasteiger partial charge >= 0.3 is 0 Å². The van der Waals surface area contributed by atoms with Crippen molar-refractivity contribution in [3.05, 3.63) is 11.8 Å². The van der Waals surface area contributed by atoms with Crippen LogP contribution in [0.1, 0.15) is 20.3 Å². The summed E-state index contributed by atoms with van der Waals surface area (Å²) < 4.78 is 0. The van der Waals surface area contributed by atoms with Crippen molar-refractivity contribution in [1.29, 1.82) is 0 Å². The van der Waals surface area contributed by atoms with Crippen LogP contribution >= 0.6 is 0 Å². The molecule has 1 heterocycles. The summed E-state index contributed by atoms with van der Waals surface area (Å²) in [6, 6.07) is 0.255. The van der Waals surface area contributed by atoms with Crippen molar-refractivity contribution >= 4 is 0 Å². The van der Waals surface area contributed by atoms with Gasteiger partial charge in [0.1, 0.15) is 0 Å². The Labute approximate surface area is 62.5 Å². The molecule has 2 heteroatoms. The first-order chi connectivity index (χ1) is 4.68. The minimum Gasteiger partial charge on any atom is -0.389 e. The molecule has 1 aliphatic heterocycles. The molecule has 10 heavy (non-hydrogen) atoms. The number of hydrogen-bond donors (Lipinski definition) is 2. The summed E-state index contributed by atoms with van der Waals surface area (Å²) in [6.45, 7) is 5.35. The van der Waals surface area contributed by atoms with E-state index in [-0.39, 0.29) is 6.04 Å². The average Bonchev–Trinajstić information content (AvgIpc) is 1.93. The summed E-state index contributed by atoms with van der Waals surface area (Å²) in [5, 5.41) is 3.31. The molecule has 0 aromatic heterocycles. The number of hydrogen-bond acceptors (Lipinski definition) is 2. The smallest absolute Gasteiger partial charge is 0.0246 e. The molecule has 0 fully saturated rings. The van der Waals surface area contributed by atoms with Gasteiger partial charge in [-0.05, 0) is 25.3 Å². The fraction of sp³-hybridized carbons (Fsp3) is 0.750. The van der Waals surface area contributed by atoms with Gasteiger partial charge in [0, 0.05) is 18.3 Å². The maximum atomic E-state index is 5.80. The highest BCUT2D eigenvalue weighted by atomic mass is 14.9. The Morgan fingerprint density at radius 2 is 2.40 bits per heavy atom. The van der Waals surface area contributed by atoms with Gasteiger partial charge < -0.3 is 11.1 Å². The van der Waals surface area contributed by atoms with E-state index in [1.807, 2.05) is 0 Å². The second-order valence-corrected chi connectivity index (χ2v) is 3.24. The molecule has 0 saturated carbocycles. The van der Waals surface area contributed by atoms with E-state index < -0.39 is 0 Å².